The molecule has 0 aliphatic heterocycles. The molecule has 98 valence electrons. The Kier molecular flexibility index (Phi) is 4.56. The lowest BCUT2D eigenvalue weighted by Crippen LogP contribution is -2.24. The molecule has 0 saturated carbocycles. The zero-order valence-corrected chi connectivity index (χ0v) is 9.91. The molecular formula is C11H17F3N2O. The van der Waals surface area contributed by atoms with Crippen LogP contribution in [0.15, 0.2) is 12.4 Å². The largest absolute Gasteiger partial charge is 0.419 e. The third-order valence-corrected chi connectivity index (χ3v) is 2.72. The summed E-state index contributed by atoms with van der Waals surface area (Å²) in [6.07, 6.45) is -1.42. The van der Waals surface area contributed by atoms with E-state index in [0.29, 0.717) is 12.8 Å². The molecule has 0 fully saturated rings. The van der Waals surface area contributed by atoms with Crippen LogP contribution in [0, 0.1) is 0 Å². The number of nitrogens with zero attached hydrogens (tertiary/aromatic N) is 2. The van der Waals surface area contributed by atoms with Gasteiger partial charge in [0.2, 0.25) is 0 Å². The highest BCUT2D eigenvalue weighted by atomic mass is 19.4. The molecular weight excluding hydrogens is 233 g/mol. The second-order valence-electron chi connectivity index (χ2n) is 4.04. The Labute approximate surface area is 98.2 Å². The molecule has 1 heterocycles. The van der Waals surface area contributed by atoms with E-state index in [1.165, 1.54) is 4.68 Å². The Balaban J connectivity index is 2.86. The molecule has 2 atom stereocenters. The Morgan fingerprint density at radius 2 is 2.06 bits per heavy atom. The smallest absolute Gasteiger partial charge is 0.391 e. The lowest BCUT2D eigenvalue weighted by atomic mass is 10.0. The topological polar surface area (TPSA) is 38.0 Å². The number of alkyl halides is 3. The van der Waals surface area contributed by atoms with Crippen molar-refractivity contribution in [1.29, 1.82) is 0 Å². The first kappa shape index (κ1) is 14.0. The monoisotopic (exact) mass is 250 g/mol. The molecule has 0 amide bonds. The number of hydrogen-bond acceptors (Lipinski definition) is 2. The van der Waals surface area contributed by atoms with E-state index in [4.69, 9.17) is 0 Å². The van der Waals surface area contributed by atoms with E-state index in [1.54, 1.807) is 0 Å². The maximum Gasteiger partial charge on any atom is 0.419 e. The average molecular weight is 250 g/mol. The quantitative estimate of drug-likeness (QED) is 0.872. The first-order valence-corrected chi connectivity index (χ1v) is 5.69. The van der Waals surface area contributed by atoms with Crippen molar-refractivity contribution < 1.29 is 18.3 Å². The van der Waals surface area contributed by atoms with Crippen LogP contribution in [0.5, 0.6) is 0 Å². The van der Waals surface area contributed by atoms with Gasteiger partial charge in [0, 0.05) is 6.20 Å². The summed E-state index contributed by atoms with van der Waals surface area (Å²) >= 11 is 0. The number of halogens is 3. The summed E-state index contributed by atoms with van der Waals surface area (Å²) in [5.41, 5.74) is -0.778. The SMILES string of the molecule is CCCC(O)C(CC)n1cc(C(F)(F)F)cn1. The van der Waals surface area contributed by atoms with E-state index >= 15 is 0 Å². The number of hydrogen-bond donors (Lipinski definition) is 1. The van der Waals surface area contributed by atoms with Gasteiger partial charge in [0.15, 0.2) is 0 Å². The van der Waals surface area contributed by atoms with Crippen LogP contribution in [0.2, 0.25) is 0 Å². The Hall–Kier alpha value is -1.04. The van der Waals surface area contributed by atoms with Crippen molar-refractivity contribution in [2.45, 2.75) is 51.4 Å². The first-order chi connectivity index (χ1) is 7.90. The van der Waals surface area contributed by atoms with Crippen molar-refractivity contribution in [3.8, 4) is 0 Å². The Bertz CT molecular complexity index is 349. The lowest BCUT2D eigenvalue weighted by molar-refractivity contribution is -0.137. The molecule has 0 aliphatic carbocycles. The fourth-order valence-corrected chi connectivity index (χ4v) is 1.79. The Morgan fingerprint density at radius 1 is 1.41 bits per heavy atom. The van der Waals surface area contributed by atoms with E-state index in [2.05, 4.69) is 5.10 Å². The molecule has 6 heteroatoms. The van der Waals surface area contributed by atoms with Gasteiger partial charge in [0.25, 0.3) is 0 Å². The van der Waals surface area contributed by atoms with Crippen molar-refractivity contribution in [2.75, 3.05) is 0 Å². The van der Waals surface area contributed by atoms with Crippen LogP contribution >= 0.6 is 0 Å². The lowest BCUT2D eigenvalue weighted by Gasteiger charge is -2.21. The minimum Gasteiger partial charge on any atom is -0.391 e. The normalized spacial score (nSPS) is 15.9. The van der Waals surface area contributed by atoms with E-state index in [1.807, 2.05) is 13.8 Å². The highest BCUT2D eigenvalue weighted by Gasteiger charge is 2.33. The van der Waals surface area contributed by atoms with Gasteiger partial charge >= 0.3 is 6.18 Å². The van der Waals surface area contributed by atoms with Gasteiger partial charge in [-0.25, -0.2) is 0 Å². The van der Waals surface area contributed by atoms with Crippen molar-refractivity contribution in [1.82, 2.24) is 9.78 Å². The molecule has 1 N–H and O–H groups in total. The van der Waals surface area contributed by atoms with Crippen LogP contribution in [-0.4, -0.2) is 21.0 Å². The van der Waals surface area contributed by atoms with Crippen LogP contribution in [0.4, 0.5) is 13.2 Å². The number of rotatable bonds is 5. The molecule has 0 saturated heterocycles. The summed E-state index contributed by atoms with van der Waals surface area (Å²) in [5, 5.41) is 13.5. The zero-order valence-electron chi connectivity index (χ0n) is 9.91. The molecule has 0 radical (unpaired) electrons. The van der Waals surface area contributed by atoms with Gasteiger partial charge < -0.3 is 5.11 Å². The molecule has 0 spiro atoms. The van der Waals surface area contributed by atoms with Crippen molar-refractivity contribution in [3.63, 3.8) is 0 Å². The highest BCUT2D eigenvalue weighted by molar-refractivity contribution is 5.09. The first-order valence-electron chi connectivity index (χ1n) is 5.69. The molecule has 1 aromatic heterocycles. The second kappa shape index (κ2) is 5.53. The van der Waals surface area contributed by atoms with Crippen molar-refractivity contribution >= 4 is 0 Å². The summed E-state index contributed by atoms with van der Waals surface area (Å²) in [4.78, 5) is 0. The predicted octanol–water partition coefficient (Wildman–Crippen LogP) is 3.01. The molecule has 1 aromatic rings. The third-order valence-electron chi connectivity index (χ3n) is 2.72. The van der Waals surface area contributed by atoms with Crippen LogP contribution in [0.1, 0.15) is 44.7 Å². The third kappa shape index (κ3) is 3.46. The molecule has 0 aliphatic rings. The number of aromatic nitrogens is 2. The molecule has 0 aromatic carbocycles. The maximum atomic E-state index is 12.4. The van der Waals surface area contributed by atoms with E-state index in [9.17, 15) is 18.3 Å². The van der Waals surface area contributed by atoms with E-state index in [0.717, 1.165) is 18.8 Å². The second-order valence-corrected chi connectivity index (χ2v) is 4.04. The fraction of sp³-hybridized carbons (Fsp3) is 0.727. The van der Waals surface area contributed by atoms with E-state index < -0.39 is 23.9 Å². The van der Waals surface area contributed by atoms with Gasteiger partial charge in [0.05, 0.1) is 23.9 Å². The molecule has 0 bridgehead atoms. The standard InChI is InChI=1S/C11H17F3N2O/c1-3-5-10(17)9(4-2)16-7-8(6-15-16)11(12,13)14/h6-7,9-10,17H,3-5H2,1-2H3. The van der Waals surface area contributed by atoms with Crippen molar-refractivity contribution in [3.05, 3.63) is 18.0 Å². The summed E-state index contributed by atoms with van der Waals surface area (Å²) in [7, 11) is 0. The van der Waals surface area contributed by atoms with Gasteiger partial charge in [-0.15, -0.1) is 0 Å². The summed E-state index contributed by atoms with van der Waals surface area (Å²) in [6.45, 7) is 3.73. The minimum absolute atomic E-state index is 0.397. The van der Waals surface area contributed by atoms with Crippen LogP contribution in [0.3, 0.4) is 0 Å². The van der Waals surface area contributed by atoms with Gasteiger partial charge in [-0.2, -0.15) is 18.3 Å². The van der Waals surface area contributed by atoms with Gasteiger partial charge in [-0.05, 0) is 12.8 Å². The van der Waals surface area contributed by atoms with Crippen LogP contribution in [-0.2, 0) is 6.18 Å². The average Bonchev–Trinajstić information content (AvgIpc) is 2.68. The van der Waals surface area contributed by atoms with Gasteiger partial charge in [0.1, 0.15) is 0 Å². The van der Waals surface area contributed by atoms with E-state index in [-0.39, 0.29) is 0 Å². The van der Waals surface area contributed by atoms with Crippen molar-refractivity contribution in [2.24, 2.45) is 0 Å². The molecule has 1 rings (SSSR count). The highest BCUT2D eigenvalue weighted by Crippen LogP contribution is 2.30. The maximum absolute atomic E-state index is 12.4. The fourth-order valence-electron chi connectivity index (χ4n) is 1.79. The summed E-state index contributed by atoms with van der Waals surface area (Å²) in [5.74, 6) is 0. The zero-order chi connectivity index (χ0) is 13.1. The van der Waals surface area contributed by atoms with Gasteiger partial charge in [-0.1, -0.05) is 20.3 Å². The molecule has 3 nitrogen and oxygen atoms in total. The molecule has 2 unspecified atom stereocenters. The number of aliphatic hydroxyl groups is 1. The van der Waals surface area contributed by atoms with Crippen LogP contribution < -0.4 is 0 Å². The van der Waals surface area contributed by atoms with Gasteiger partial charge in [-0.3, -0.25) is 4.68 Å². The predicted molar refractivity (Wildman–Crippen MR) is 57.5 cm³/mol. The van der Waals surface area contributed by atoms with Crippen LogP contribution in [0.25, 0.3) is 0 Å². The Morgan fingerprint density at radius 3 is 2.47 bits per heavy atom. The number of aliphatic hydroxyl groups excluding tert-OH is 1. The summed E-state index contributed by atoms with van der Waals surface area (Å²) < 4.78 is 38.4. The minimum atomic E-state index is -4.38. The molecule has 17 heavy (non-hydrogen) atoms. The summed E-state index contributed by atoms with van der Waals surface area (Å²) in [6, 6.07) is -0.397.